The maximum Gasteiger partial charge on any atom is 0.196 e. The molecule has 0 bridgehead atoms. The van der Waals surface area contributed by atoms with E-state index in [4.69, 9.17) is 23.2 Å². The van der Waals surface area contributed by atoms with Crippen molar-refractivity contribution in [3.8, 4) is 5.69 Å². The fraction of sp³-hybridized carbons (Fsp3) is 0.261. The Labute approximate surface area is 192 Å². The van der Waals surface area contributed by atoms with E-state index < -0.39 is 0 Å². The van der Waals surface area contributed by atoms with Crippen molar-refractivity contribution in [2.45, 2.75) is 19.5 Å². The molecule has 3 rings (SSSR count). The Balaban J connectivity index is 2.11. The van der Waals surface area contributed by atoms with E-state index in [9.17, 15) is 4.79 Å². The minimum Gasteiger partial charge on any atom is -0.310 e. The van der Waals surface area contributed by atoms with Crippen LogP contribution in [0.3, 0.4) is 0 Å². The van der Waals surface area contributed by atoms with Crippen LogP contribution in [0, 0.1) is 0 Å². The zero-order chi connectivity index (χ0) is 22.4. The molecule has 0 fully saturated rings. The Kier molecular flexibility index (Phi) is 7.98. The van der Waals surface area contributed by atoms with Crippen LogP contribution in [0.1, 0.15) is 34.0 Å². The molecule has 3 aromatic rings. The monoisotopic (exact) mass is 457 g/mol. The minimum absolute atomic E-state index is 0.210. The van der Waals surface area contributed by atoms with E-state index in [1.54, 1.807) is 36.4 Å². The van der Waals surface area contributed by atoms with Crippen molar-refractivity contribution in [1.82, 2.24) is 25.0 Å². The Morgan fingerprint density at radius 1 is 1.13 bits per heavy atom. The number of carbonyl (C=O) groups is 1. The molecule has 8 heteroatoms. The van der Waals surface area contributed by atoms with Gasteiger partial charge in [0.15, 0.2) is 17.4 Å². The van der Waals surface area contributed by atoms with Gasteiger partial charge in [-0.15, -0.1) is 16.8 Å². The number of nitrogens with one attached hydrogen (secondary N) is 1. The summed E-state index contributed by atoms with van der Waals surface area (Å²) in [5, 5.41) is 13.0. The molecule has 0 aliphatic carbocycles. The maximum absolute atomic E-state index is 13.4. The number of benzene rings is 2. The lowest BCUT2D eigenvalue weighted by Gasteiger charge is -2.17. The van der Waals surface area contributed by atoms with Crippen molar-refractivity contribution >= 4 is 29.0 Å². The highest BCUT2D eigenvalue weighted by Gasteiger charge is 2.22. The fourth-order valence-electron chi connectivity index (χ4n) is 3.21. The zero-order valence-corrected chi connectivity index (χ0v) is 19.1. The van der Waals surface area contributed by atoms with E-state index >= 15 is 0 Å². The van der Waals surface area contributed by atoms with E-state index in [-0.39, 0.29) is 5.78 Å². The molecule has 6 nitrogen and oxygen atoms in total. The number of ketones is 1. The van der Waals surface area contributed by atoms with Gasteiger partial charge >= 0.3 is 0 Å². The van der Waals surface area contributed by atoms with Crippen molar-refractivity contribution in [2.75, 3.05) is 20.6 Å². The molecule has 162 valence electrons. The summed E-state index contributed by atoms with van der Waals surface area (Å²) in [6.45, 7) is 5.57. The third kappa shape index (κ3) is 5.60. The molecule has 0 aliphatic rings. The average molecular weight is 458 g/mol. The number of nitrogens with zero attached hydrogens (tertiary/aromatic N) is 4. The molecule has 1 aromatic heterocycles. The van der Waals surface area contributed by atoms with Gasteiger partial charge in [0.2, 0.25) is 0 Å². The predicted octanol–water partition coefficient (Wildman–Crippen LogP) is 4.53. The molecule has 2 aromatic carbocycles. The van der Waals surface area contributed by atoms with E-state index in [1.807, 2.05) is 35.7 Å². The molecular weight excluding hydrogens is 433 g/mol. The van der Waals surface area contributed by atoms with Gasteiger partial charge in [0, 0.05) is 16.1 Å². The highest BCUT2D eigenvalue weighted by molar-refractivity contribution is 6.35. The summed E-state index contributed by atoms with van der Waals surface area (Å²) >= 11 is 12.6. The van der Waals surface area contributed by atoms with E-state index in [0.717, 1.165) is 18.8 Å². The Morgan fingerprint density at radius 3 is 2.58 bits per heavy atom. The van der Waals surface area contributed by atoms with Gasteiger partial charge in [-0.1, -0.05) is 41.4 Å². The standard InChI is InChI=1S/C23H25Cl2N5O/c1-4-5-12-26-14-21-27-28-22(15-29(2)3)30(21)20-11-10-16(24)13-18(20)23(31)17-8-6-7-9-19(17)25/h4,6-11,13,26H,1,5,12,14-15H2,2-3H3. The summed E-state index contributed by atoms with van der Waals surface area (Å²) in [6.07, 6.45) is 2.70. The predicted molar refractivity (Wildman–Crippen MR) is 125 cm³/mol. The molecule has 1 heterocycles. The Bertz CT molecular complexity index is 1080. The zero-order valence-electron chi connectivity index (χ0n) is 17.6. The maximum atomic E-state index is 13.4. The lowest BCUT2D eigenvalue weighted by Crippen LogP contribution is -2.21. The molecule has 0 aliphatic heterocycles. The first-order valence-corrected chi connectivity index (χ1v) is 10.7. The summed E-state index contributed by atoms with van der Waals surface area (Å²) in [5.74, 6) is 1.22. The molecule has 0 amide bonds. The van der Waals surface area contributed by atoms with Gasteiger partial charge in [0.1, 0.15) is 0 Å². The number of hydrogen-bond donors (Lipinski definition) is 1. The van der Waals surface area contributed by atoms with Crippen LogP contribution in [-0.2, 0) is 13.1 Å². The normalized spacial score (nSPS) is 11.1. The number of aromatic nitrogens is 3. The lowest BCUT2D eigenvalue weighted by molar-refractivity contribution is 0.103. The second kappa shape index (κ2) is 10.7. The highest BCUT2D eigenvalue weighted by atomic mass is 35.5. The SMILES string of the molecule is C=CCCNCc1nnc(CN(C)C)n1-c1ccc(Cl)cc1C(=O)c1ccccc1Cl. The van der Waals surface area contributed by atoms with Gasteiger partial charge in [-0.3, -0.25) is 9.36 Å². The number of rotatable bonds is 10. The van der Waals surface area contributed by atoms with Gasteiger partial charge in [-0.25, -0.2) is 0 Å². The first kappa shape index (κ1) is 23.2. The molecule has 0 spiro atoms. The molecule has 0 atom stereocenters. The van der Waals surface area contributed by atoms with Crippen molar-refractivity contribution < 1.29 is 4.79 Å². The van der Waals surface area contributed by atoms with Crippen LogP contribution in [0.2, 0.25) is 10.0 Å². The topological polar surface area (TPSA) is 63.1 Å². The van der Waals surface area contributed by atoms with Crippen LogP contribution in [0.4, 0.5) is 0 Å². The third-order valence-corrected chi connectivity index (χ3v) is 5.19. The van der Waals surface area contributed by atoms with Crippen LogP contribution in [0.15, 0.2) is 55.1 Å². The minimum atomic E-state index is -0.210. The van der Waals surface area contributed by atoms with Gasteiger partial charge in [0.25, 0.3) is 0 Å². The highest BCUT2D eigenvalue weighted by Crippen LogP contribution is 2.27. The van der Waals surface area contributed by atoms with Gasteiger partial charge in [-0.2, -0.15) is 0 Å². The molecule has 0 unspecified atom stereocenters. The number of carbonyl (C=O) groups excluding carboxylic acids is 1. The molecular formula is C23H25Cl2N5O. The molecule has 1 N–H and O–H groups in total. The second-order valence-electron chi connectivity index (χ2n) is 7.33. The van der Waals surface area contributed by atoms with Crippen molar-refractivity contribution in [1.29, 1.82) is 0 Å². The molecule has 0 saturated heterocycles. The van der Waals surface area contributed by atoms with Gasteiger partial charge in [-0.05, 0) is 57.4 Å². The van der Waals surface area contributed by atoms with Crippen LogP contribution in [0.25, 0.3) is 5.69 Å². The van der Waals surface area contributed by atoms with Gasteiger partial charge in [0.05, 0.1) is 23.8 Å². The van der Waals surface area contributed by atoms with Crippen LogP contribution >= 0.6 is 23.2 Å². The Morgan fingerprint density at radius 2 is 1.87 bits per heavy atom. The van der Waals surface area contributed by atoms with E-state index in [1.165, 1.54) is 0 Å². The van der Waals surface area contributed by atoms with Crippen LogP contribution in [0.5, 0.6) is 0 Å². The quantitative estimate of drug-likeness (QED) is 0.275. The fourth-order valence-corrected chi connectivity index (χ4v) is 3.61. The number of hydrogen-bond acceptors (Lipinski definition) is 5. The first-order valence-electron chi connectivity index (χ1n) is 9.91. The summed E-state index contributed by atoms with van der Waals surface area (Å²) in [7, 11) is 3.91. The van der Waals surface area contributed by atoms with Crippen molar-refractivity contribution in [3.63, 3.8) is 0 Å². The lowest BCUT2D eigenvalue weighted by atomic mass is 10.0. The largest absolute Gasteiger partial charge is 0.310 e. The number of halogens is 2. The smallest absolute Gasteiger partial charge is 0.196 e. The summed E-state index contributed by atoms with van der Waals surface area (Å²) in [6, 6.07) is 12.2. The average Bonchev–Trinajstić information content (AvgIpc) is 3.12. The van der Waals surface area contributed by atoms with Crippen LogP contribution in [-0.4, -0.2) is 46.1 Å². The molecule has 0 saturated carbocycles. The van der Waals surface area contributed by atoms with Gasteiger partial charge < -0.3 is 10.2 Å². The summed E-state index contributed by atoms with van der Waals surface area (Å²) < 4.78 is 1.92. The molecule has 0 radical (unpaired) electrons. The van der Waals surface area contributed by atoms with Crippen LogP contribution < -0.4 is 5.32 Å². The van der Waals surface area contributed by atoms with E-state index in [2.05, 4.69) is 22.1 Å². The second-order valence-corrected chi connectivity index (χ2v) is 8.17. The Hall–Kier alpha value is -2.51. The first-order chi connectivity index (χ1) is 14.9. The van der Waals surface area contributed by atoms with Crippen molar-refractivity contribution in [2.24, 2.45) is 0 Å². The summed E-state index contributed by atoms with van der Waals surface area (Å²) in [4.78, 5) is 15.4. The third-order valence-electron chi connectivity index (χ3n) is 4.63. The van der Waals surface area contributed by atoms with Crippen molar-refractivity contribution in [3.05, 3.63) is 87.9 Å². The van der Waals surface area contributed by atoms with E-state index in [0.29, 0.717) is 45.8 Å². The molecule has 31 heavy (non-hydrogen) atoms. The summed E-state index contributed by atoms with van der Waals surface area (Å²) in [5.41, 5.74) is 1.52.